The van der Waals surface area contributed by atoms with Crippen LogP contribution in [0.25, 0.3) is 0 Å². The molecule has 1 amide bonds. The van der Waals surface area contributed by atoms with Gasteiger partial charge >= 0.3 is 0 Å². The van der Waals surface area contributed by atoms with E-state index in [1.807, 2.05) is 43.3 Å². The first-order chi connectivity index (χ1) is 13.4. The highest BCUT2D eigenvalue weighted by molar-refractivity contribution is 6.42. The lowest BCUT2D eigenvalue weighted by atomic mass is 10.0. The van der Waals surface area contributed by atoms with Crippen LogP contribution >= 0.6 is 23.2 Å². The van der Waals surface area contributed by atoms with Crippen LogP contribution in [0.3, 0.4) is 0 Å². The van der Waals surface area contributed by atoms with Crippen molar-refractivity contribution in [2.24, 2.45) is 0 Å². The fraction of sp³-hybridized carbons (Fsp3) is 0.130. The van der Waals surface area contributed by atoms with Crippen LogP contribution in [0.1, 0.15) is 38.3 Å². The summed E-state index contributed by atoms with van der Waals surface area (Å²) in [5, 5.41) is 3.71. The van der Waals surface area contributed by atoms with E-state index in [0.29, 0.717) is 34.0 Å². The van der Waals surface area contributed by atoms with Crippen molar-refractivity contribution < 1.29 is 9.59 Å². The molecule has 0 fully saturated rings. The maximum atomic E-state index is 12.4. The first kappa shape index (κ1) is 20.1. The number of Topliss-reactive ketones (excluding diaryl/α,β-unsaturated/α-hetero) is 1. The minimum Gasteiger partial charge on any atom is -0.322 e. The molecule has 0 bridgehead atoms. The summed E-state index contributed by atoms with van der Waals surface area (Å²) in [4.78, 5) is 24.7. The molecule has 0 atom stereocenters. The molecule has 0 aromatic heterocycles. The Labute approximate surface area is 174 Å². The summed E-state index contributed by atoms with van der Waals surface area (Å²) in [5.41, 5.74) is 3.91. The van der Waals surface area contributed by atoms with Crippen molar-refractivity contribution in [3.63, 3.8) is 0 Å². The molecule has 28 heavy (non-hydrogen) atoms. The zero-order chi connectivity index (χ0) is 20.1. The zero-order valence-electron chi connectivity index (χ0n) is 15.3. The van der Waals surface area contributed by atoms with Crippen molar-refractivity contribution in [3.05, 3.63) is 99.0 Å². The molecule has 3 aromatic carbocycles. The first-order valence-electron chi connectivity index (χ1n) is 8.88. The third kappa shape index (κ3) is 5.00. The molecule has 3 rings (SSSR count). The predicted molar refractivity (Wildman–Crippen MR) is 115 cm³/mol. The lowest BCUT2D eigenvalue weighted by Gasteiger charge is -2.09. The van der Waals surface area contributed by atoms with Gasteiger partial charge in [-0.15, -0.1) is 0 Å². The van der Waals surface area contributed by atoms with E-state index in [0.717, 1.165) is 16.8 Å². The summed E-state index contributed by atoms with van der Waals surface area (Å²) in [6.45, 7) is 1.95. The summed E-state index contributed by atoms with van der Waals surface area (Å²) >= 11 is 11.9. The lowest BCUT2D eigenvalue weighted by molar-refractivity contribution is 0.0981. The van der Waals surface area contributed by atoms with E-state index in [9.17, 15) is 9.59 Å². The molecule has 0 heterocycles. The van der Waals surface area contributed by atoms with Crippen LogP contribution < -0.4 is 5.32 Å². The molecule has 0 aliphatic carbocycles. The summed E-state index contributed by atoms with van der Waals surface area (Å²) in [7, 11) is 0. The second-order valence-electron chi connectivity index (χ2n) is 6.52. The Morgan fingerprint density at radius 2 is 1.54 bits per heavy atom. The summed E-state index contributed by atoms with van der Waals surface area (Å²) in [6.07, 6.45) is 0.936. The second-order valence-corrected chi connectivity index (χ2v) is 7.33. The molecule has 142 valence electrons. The van der Waals surface area contributed by atoms with Gasteiger partial charge in [-0.25, -0.2) is 0 Å². The Morgan fingerprint density at radius 3 is 2.21 bits per heavy atom. The molecule has 0 aliphatic heterocycles. The van der Waals surface area contributed by atoms with Gasteiger partial charge in [0.25, 0.3) is 5.91 Å². The number of carbonyl (C=O) groups excluding carboxylic acids is 2. The van der Waals surface area contributed by atoms with Crippen LogP contribution in [0.4, 0.5) is 5.69 Å². The Bertz CT molecular complexity index is 1010. The van der Waals surface area contributed by atoms with Gasteiger partial charge in [0.2, 0.25) is 0 Å². The molecule has 1 N–H and O–H groups in total. The fourth-order valence-electron chi connectivity index (χ4n) is 2.80. The average molecular weight is 412 g/mol. The maximum absolute atomic E-state index is 12.4. The van der Waals surface area contributed by atoms with E-state index in [1.165, 1.54) is 0 Å². The number of ketones is 1. The monoisotopic (exact) mass is 411 g/mol. The van der Waals surface area contributed by atoms with E-state index in [1.54, 1.807) is 30.3 Å². The molecular formula is C23H19Cl2NO2. The van der Waals surface area contributed by atoms with Crippen molar-refractivity contribution in [1.82, 2.24) is 0 Å². The summed E-state index contributed by atoms with van der Waals surface area (Å²) in [5.74, 6) is -0.160. The quantitative estimate of drug-likeness (QED) is 0.478. The van der Waals surface area contributed by atoms with Crippen molar-refractivity contribution in [3.8, 4) is 0 Å². The topological polar surface area (TPSA) is 46.2 Å². The Kier molecular flexibility index (Phi) is 6.50. The highest BCUT2D eigenvalue weighted by Crippen LogP contribution is 2.23. The Morgan fingerprint density at radius 1 is 0.857 bits per heavy atom. The molecule has 3 nitrogen and oxygen atoms in total. The van der Waals surface area contributed by atoms with E-state index in [-0.39, 0.29) is 11.7 Å². The minimum atomic E-state index is -0.160. The van der Waals surface area contributed by atoms with Gasteiger partial charge in [-0.1, -0.05) is 53.5 Å². The van der Waals surface area contributed by atoms with Gasteiger partial charge in [0.1, 0.15) is 0 Å². The van der Waals surface area contributed by atoms with E-state index in [4.69, 9.17) is 23.2 Å². The molecule has 3 aromatic rings. The van der Waals surface area contributed by atoms with E-state index < -0.39 is 0 Å². The highest BCUT2D eigenvalue weighted by atomic mass is 35.5. The number of anilines is 1. The summed E-state index contributed by atoms with van der Waals surface area (Å²) in [6, 6.07) is 19.8. The van der Waals surface area contributed by atoms with Crippen LogP contribution in [0.15, 0.2) is 66.7 Å². The first-order valence-corrected chi connectivity index (χ1v) is 9.64. The third-order valence-corrected chi connectivity index (χ3v) is 5.23. The smallest absolute Gasteiger partial charge is 0.255 e. The van der Waals surface area contributed by atoms with Gasteiger partial charge in [0, 0.05) is 23.2 Å². The van der Waals surface area contributed by atoms with Crippen molar-refractivity contribution in [2.45, 2.75) is 19.8 Å². The maximum Gasteiger partial charge on any atom is 0.255 e. The van der Waals surface area contributed by atoms with Crippen molar-refractivity contribution in [2.75, 3.05) is 5.32 Å². The van der Waals surface area contributed by atoms with E-state index >= 15 is 0 Å². The number of carbonyl (C=O) groups is 2. The Balaban J connectivity index is 1.59. The van der Waals surface area contributed by atoms with Gasteiger partial charge in [-0.3, -0.25) is 9.59 Å². The summed E-state index contributed by atoms with van der Waals surface area (Å²) < 4.78 is 0. The van der Waals surface area contributed by atoms with Crippen molar-refractivity contribution in [1.29, 1.82) is 0 Å². The van der Waals surface area contributed by atoms with Gasteiger partial charge in [0.05, 0.1) is 10.0 Å². The Hall–Kier alpha value is -2.62. The fourth-order valence-corrected chi connectivity index (χ4v) is 3.10. The number of rotatable bonds is 6. The zero-order valence-corrected chi connectivity index (χ0v) is 16.8. The number of benzene rings is 3. The average Bonchev–Trinajstić information content (AvgIpc) is 2.70. The van der Waals surface area contributed by atoms with E-state index in [2.05, 4.69) is 5.32 Å². The third-order valence-electron chi connectivity index (χ3n) is 4.49. The largest absolute Gasteiger partial charge is 0.322 e. The number of hydrogen-bond acceptors (Lipinski definition) is 2. The molecule has 5 heteroatoms. The van der Waals surface area contributed by atoms with Crippen LogP contribution in [-0.2, 0) is 6.42 Å². The van der Waals surface area contributed by atoms with Gasteiger partial charge in [0.15, 0.2) is 5.78 Å². The van der Waals surface area contributed by atoms with Gasteiger partial charge in [-0.2, -0.15) is 0 Å². The van der Waals surface area contributed by atoms with Crippen LogP contribution in [0.2, 0.25) is 10.0 Å². The normalized spacial score (nSPS) is 10.5. The molecule has 0 saturated carbocycles. The van der Waals surface area contributed by atoms with Crippen LogP contribution in [0, 0.1) is 6.92 Å². The minimum absolute atomic E-state index is 0.0000564. The van der Waals surface area contributed by atoms with Crippen LogP contribution in [-0.4, -0.2) is 11.7 Å². The molecule has 0 aliphatic rings. The highest BCUT2D eigenvalue weighted by Gasteiger charge is 2.10. The SMILES string of the molecule is Cc1ccccc1NC(=O)c1ccc(CCC(=O)c2ccc(Cl)c(Cl)c2)cc1. The molecule has 0 unspecified atom stereocenters. The molecule has 0 radical (unpaired) electrons. The molecular weight excluding hydrogens is 393 g/mol. The van der Waals surface area contributed by atoms with Gasteiger partial charge in [-0.05, 0) is 60.9 Å². The van der Waals surface area contributed by atoms with Crippen molar-refractivity contribution >= 4 is 40.6 Å². The lowest BCUT2D eigenvalue weighted by Crippen LogP contribution is -2.12. The number of amides is 1. The number of nitrogens with one attached hydrogen (secondary N) is 1. The number of halogens is 2. The molecule has 0 saturated heterocycles. The standard InChI is InChI=1S/C23H19Cl2NO2/c1-15-4-2-3-5-21(15)26-23(28)17-9-6-16(7-10-17)8-13-22(27)18-11-12-19(24)20(25)14-18/h2-7,9-12,14H,8,13H2,1H3,(H,26,28). The predicted octanol–water partition coefficient (Wildman–Crippen LogP) is 6.37. The number of para-hydroxylation sites is 1. The second kappa shape index (κ2) is 9.05. The molecule has 0 spiro atoms. The van der Waals surface area contributed by atoms with Crippen LogP contribution in [0.5, 0.6) is 0 Å². The number of hydrogen-bond donors (Lipinski definition) is 1. The number of aryl methyl sites for hydroxylation is 2. The van der Waals surface area contributed by atoms with Gasteiger partial charge < -0.3 is 5.32 Å².